The zero-order valence-corrected chi connectivity index (χ0v) is 16.4. The van der Waals surface area contributed by atoms with Gasteiger partial charge in [-0.1, -0.05) is 12.1 Å². The van der Waals surface area contributed by atoms with Crippen molar-refractivity contribution in [1.82, 2.24) is 14.9 Å². The van der Waals surface area contributed by atoms with E-state index in [0.29, 0.717) is 31.2 Å². The molecular formula is C20H26N4O5. The Balaban J connectivity index is 1.24. The molecule has 3 fully saturated rings. The number of hydroxylamine groups is 2. The molecule has 0 aliphatic carbocycles. The van der Waals surface area contributed by atoms with Crippen LogP contribution in [0.25, 0.3) is 0 Å². The molecule has 0 N–H and O–H groups in total. The third-order valence-electron chi connectivity index (χ3n) is 5.52. The summed E-state index contributed by atoms with van der Waals surface area (Å²) in [5, 5.41) is 0.602. The first-order chi connectivity index (χ1) is 14.1. The summed E-state index contributed by atoms with van der Waals surface area (Å²) in [6, 6.07) is 8.60. The molecule has 0 radical (unpaired) electrons. The van der Waals surface area contributed by atoms with E-state index in [4.69, 9.17) is 9.57 Å². The molecule has 1 aromatic carbocycles. The highest BCUT2D eigenvalue weighted by Crippen LogP contribution is 2.19. The van der Waals surface area contributed by atoms with Crippen LogP contribution in [0.15, 0.2) is 24.3 Å². The van der Waals surface area contributed by atoms with Gasteiger partial charge in [-0.25, -0.2) is 4.79 Å². The van der Waals surface area contributed by atoms with Crippen molar-refractivity contribution >= 4 is 23.6 Å². The normalized spacial score (nSPS) is 21.0. The number of imide groups is 1. The molecule has 3 aliphatic rings. The summed E-state index contributed by atoms with van der Waals surface area (Å²) in [6.07, 6.45) is -0.433. The Morgan fingerprint density at radius 3 is 2.14 bits per heavy atom. The lowest BCUT2D eigenvalue weighted by atomic mass is 10.1. The summed E-state index contributed by atoms with van der Waals surface area (Å²) in [5.74, 6) is -0.912. The largest absolute Gasteiger partial charge is 0.434 e. The van der Waals surface area contributed by atoms with Gasteiger partial charge in [-0.15, -0.1) is 5.06 Å². The number of benzene rings is 1. The van der Waals surface area contributed by atoms with Crippen LogP contribution in [0.2, 0.25) is 0 Å². The predicted octanol–water partition coefficient (Wildman–Crippen LogP) is 0.841. The molecule has 3 aliphatic heterocycles. The Morgan fingerprint density at radius 1 is 0.897 bits per heavy atom. The maximum atomic E-state index is 12.2. The molecule has 0 spiro atoms. The zero-order chi connectivity index (χ0) is 20.2. The quantitative estimate of drug-likeness (QED) is 0.690. The van der Waals surface area contributed by atoms with Crippen LogP contribution in [0.3, 0.4) is 0 Å². The number of anilines is 1. The Kier molecular flexibility index (Phi) is 5.96. The van der Waals surface area contributed by atoms with Gasteiger partial charge in [0.2, 0.25) is 0 Å². The summed E-state index contributed by atoms with van der Waals surface area (Å²) < 4.78 is 5.40. The van der Waals surface area contributed by atoms with Gasteiger partial charge in [-0.2, -0.15) is 0 Å². The van der Waals surface area contributed by atoms with E-state index in [0.717, 1.165) is 32.8 Å². The Morgan fingerprint density at radius 2 is 1.52 bits per heavy atom. The summed E-state index contributed by atoms with van der Waals surface area (Å²) >= 11 is 0. The molecular weight excluding hydrogens is 376 g/mol. The number of carbonyl (C=O) groups excluding carboxylic acids is 3. The van der Waals surface area contributed by atoms with Gasteiger partial charge < -0.3 is 19.4 Å². The van der Waals surface area contributed by atoms with E-state index >= 15 is 0 Å². The van der Waals surface area contributed by atoms with Crippen molar-refractivity contribution in [3.8, 4) is 0 Å². The van der Waals surface area contributed by atoms with Crippen LogP contribution in [0, 0.1) is 0 Å². The van der Waals surface area contributed by atoms with Gasteiger partial charge in [0.25, 0.3) is 11.8 Å². The number of amides is 3. The number of morpholine rings is 1. The molecule has 3 amide bonds. The molecule has 0 saturated carbocycles. The highest BCUT2D eigenvalue weighted by Gasteiger charge is 2.34. The highest BCUT2D eigenvalue weighted by atomic mass is 16.7. The molecule has 0 bridgehead atoms. The number of piperazine rings is 1. The van der Waals surface area contributed by atoms with Gasteiger partial charge in [0.05, 0.1) is 13.2 Å². The number of nitrogens with zero attached hydrogens (tertiary/aromatic N) is 4. The maximum absolute atomic E-state index is 12.2. The molecule has 0 aromatic heterocycles. The van der Waals surface area contributed by atoms with Gasteiger partial charge in [-0.3, -0.25) is 14.5 Å². The average Bonchev–Trinajstić information content (AvgIpc) is 3.07. The van der Waals surface area contributed by atoms with Crippen LogP contribution in [-0.4, -0.2) is 85.3 Å². The second-order valence-electron chi connectivity index (χ2n) is 7.47. The predicted molar refractivity (Wildman–Crippen MR) is 104 cm³/mol. The van der Waals surface area contributed by atoms with E-state index in [1.165, 1.54) is 16.2 Å². The number of hydrogen-bond acceptors (Lipinski definition) is 7. The third-order valence-corrected chi connectivity index (χ3v) is 5.52. The lowest BCUT2D eigenvalue weighted by molar-refractivity contribution is -0.174. The van der Waals surface area contributed by atoms with Crippen LogP contribution in [0.4, 0.5) is 10.5 Å². The van der Waals surface area contributed by atoms with Crippen LogP contribution >= 0.6 is 0 Å². The van der Waals surface area contributed by atoms with Crippen LogP contribution in [0.1, 0.15) is 18.4 Å². The smallest absolute Gasteiger partial charge is 0.378 e. The summed E-state index contributed by atoms with van der Waals surface area (Å²) in [6.45, 7) is 6.63. The fourth-order valence-electron chi connectivity index (χ4n) is 3.77. The first-order valence-electron chi connectivity index (χ1n) is 10.1. The molecule has 3 heterocycles. The van der Waals surface area contributed by atoms with E-state index in [1.54, 1.807) is 0 Å². The molecule has 1 aromatic rings. The summed E-state index contributed by atoms with van der Waals surface area (Å²) in [4.78, 5) is 46.5. The van der Waals surface area contributed by atoms with Gasteiger partial charge in [0.15, 0.2) is 0 Å². The lowest BCUT2D eigenvalue weighted by Crippen LogP contribution is -2.50. The molecule has 4 rings (SSSR count). The van der Waals surface area contributed by atoms with Crippen molar-refractivity contribution in [3.05, 3.63) is 29.8 Å². The molecule has 0 atom stereocenters. The van der Waals surface area contributed by atoms with E-state index in [9.17, 15) is 14.4 Å². The van der Waals surface area contributed by atoms with Crippen LogP contribution < -0.4 is 4.90 Å². The van der Waals surface area contributed by atoms with Crippen molar-refractivity contribution in [1.29, 1.82) is 0 Å². The number of carbonyl (C=O) groups is 3. The SMILES string of the molecule is O=C(ON1C(=O)CCC1=O)N1CCN(Cc2ccc(N3CCOCC3)cc2)CC1. The standard InChI is InChI=1S/C20H26N4O5/c25-18-5-6-19(26)24(18)29-20(27)23-9-7-21(8-10-23)15-16-1-3-17(4-2-16)22-11-13-28-14-12-22/h1-4H,5-15H2. The summed E-state index contributed by atoms with van der Waals surface area (Å²) in [7, 11) is 0. The minimum absolute atomic E-state index is 0.101. The molecule has 3 saturated heterocycles. The van der Waals surface area contributed by atoms with Gasteiger partial charge >= 0.3 is 6.09 Å². The number of rotatable bonds is 4. The third kappa shape index (κ3) is 4.68. The maximum Gasteiger partial charge on any atom is 0.434 e. The van der Waals surface area contributed by atoms with E-state index in [1.807, 2.05) is 0 Å². The Labute approximate surface area is 169 Å². The van der Waals surface area contributed by atoms with E-state index in [-0.39, 0.29) is 12.8 Å². The zero-order valence-electron chi connectivity index (χ0n) is 16.4. The van der Waals surface area contributed by atoms with Gasteiger partial charge in [-0.05, 0) is 17.7 Å². The fraction of sp³-hybridized carbons (Fsp3) is 0.550. The molecule has 29 heavy (non-hydrogen) atoms. The van der Waals surface area contributed by atoms with E-state index in [2.05, 4.69) is 34.1 Å². The number of hydrogen-bond donors (Lipinski definition) is 0. The van der Waals surface area contributed by atoms with Gasteiger partial charge in [0.1, 0.15) is 0 Å². The first-order valence-corrected chi connectivity index (χ1v) is 10.1. The Hall–Kier alpha value is -2.65. The molecule has 156 valence electrons. The van der Waals surface area contributed by atoms with Gasteiger partial charge in [0, 0.05) is 64.3 Å². The van der Waals surface area contributed by atoms with Crippen molar-refractivity contribution < 1.29 is 24.0 Å². The first kappa shape index (κ1) is 19.7. The average molecular weight is 402 g/mol. The molecule has 9 nitrogen and oxygen atoms in total. The topological polar surface area (TPSA) is 82.6 Å². The highest BCUT2D eigenvalue weighted by molar-refractivity contribution is 6.01. The Bertz CT molecular complexity index is 739. The number of ether oxygens (including phenoxy) is 1. The van der Waals surface area contributed by atoms with Crippen molar-refractivity contribution in [3.63, 3.8) is 0 Å². The fourth-order valence-corrected chi connectivity index (χ4v) is 3.77. The van der Waals surface area contributed by atoms with Crippen molar-refractivity contribution in [2.24, 2.45) is 0 Å². The van der Waals surface area contributed by atoms with Crippen molar-refractivity contribution in [2.75, 3.05) is 57.4 Å². The molecule has 0 unspecified atom stereocenters. The summed E-state index contributed by atoms with van der Waals surface area (Å²) in [5.41, 5.74) is 2.45. The van der Waals surface area contributed by atoms with E-state index < -0.39 is 17.9 Å². The lowest BCUT2D eigenvalue weighted by Gasteiger charge is -2.34. The molecule has 9 heteroatoms. The van der Waals surface area contributed by atoms with Crippen LogP contribution in [-0.2, 0) is 25.7 Å². The second kappa shape index (κ2) is 8.79. The monoisotopic (exact) mass is 402 g/mol. The van der Waals surface area contributed by atoms with Crippen LogP contribution in [0.5, 0.6) is 0 Å². The minimum atomic E-state index is -0.636. The van der Waals surface area contributed by atoms with Crippen molar-refractivity contribution in [2.45, 2.75) is 19.4 Å². The minimum Gasteiger partial charge on any atom is -0.378 e. The second-order valence-corrected chi connectivity index (χ2v) is 7.47.